The molecule has 0 aromatic rings. The number of phosphoric ester groups is 2. The Morgan fingerprint density at radius 1 is 0.253 bits per heavy atom. The summed E-state index contributed by atoms with van der Waals surface area (Å²) >= 11 is 0. The van der Waals surface area contributed by atoms with Crippen molar-refractivity contribution in [1.82, 2.24) is 0 Å². The Morgan fingerprint density at radius 2 is 0.421 bits per heavy atom. The van der Waals surface area contributed by atoms with Gasteiger partial charge in [0.25, 0.3) is 0 Å². The summed E-state index contributed by atoms with van der Waals surface area (Å²) in [5.74, 6) is -2.12. The molecule has 0 aliphatic rings. The number of aliphatic hydroxyl groups excluding tert-OH is 1. The van der Waals surface area contributed by atoms with Crippen LogP contribution in [0.3, 0.4) is 0 Å². The third-order valence-electron chi connectivity index (χ3n) is 17.9. The van der Waals surface area contributed by atoms with Crippen LogP contribution in [0.1, 0.15) is 407 Å². The first-order valence-electron chi connectivity index (χ1n) is 39.8. The van der Waals surface area contributed by atoms with Gasteiger partial charge < -0.3 is 33.8 Å². The molecule has 95 heavy (non-hydrogen) atoms. The van der Waals surface area contributed by atoms with Crippen LogP contribution < -0.4 is 0 Å². The van der Waals surface area contributed by atoms with E-state index in [4.69, 9.17) is 37.0 Å². The quantitative estimate of drug-likeness (QED) is 0.0222. The van der Waals surface area contributed by atoms with E-state index in [-0.39, 0.29) is 25.7 Å². The first kappa shape index (κ1) is 93.1. The van der Waals surface area contributed by atoms with Gasteiger partial charge in [-0.2, -0.15) is 0 Å². The zero-order chi connectivity index (χ0) is 69.7. The third-order valence-corrected chi connectivity index (χ3v) is 19.8. The second-order valence-electron chi connectivity index (χ2n) is 27.4. The Balaban J connectivity index is 5.13. The molecule has 2 unspecified atom stereocenters. The molecule has 0 saturated carbocycles. The zero-order valence-electron chi connectivity index (χ0n) is 61.6. The smallest absolute Gasteiger partial charge is 0.462 e. The van der Waals surface area contributed by atoms with Gasteiger partial charge in [0.05, 0.1) is 26.4 Å². The molecule has 564 valence electrons. The molecule has 0 saturated heterocycles. The standard InChI is InChI=1S/C76H148O17P2/c1-5-9-13-17-21-24-26-28-30-32-34-35-36-38-40-42-44-47-51-55-59-63-76(81)93-72(67-87-74(79)61-57-53-49-46-43-41-39-37-33-31-29-27-25-22-18-14-10-6-2)69-91-95(84,85)89-65-70(77)64-88-94(82,83)90-68-71(66-86-73(78)60-56-52-48-20-16-12-8-4)92-75(80)62-58-54-50-45-23-19-15-11-7-3/h70-72,77H,5-69H2,1-4H3,(H,82,83)(H,84,85)/t70-,71+,72+/m0/s1. The predicted octanol–water partition coefficient (Wildman–Crippen LogP) is 22.6. The largest absolute Gasteiger partial charge is 0.472 e. The SMILES string of the molecule is CCCCCCCCCCCCCCCCCCCCCCCC(=O)O[C@H](COC(=O)CCCCCCCCCCCCCCCCCCCC)COP(=O)(O)OC[C@@H](O)COP(=O)(O)OC[C@@H](COC(=O)CCCCCCCCC)OC(=O)CCCCCCCCCCC. The molecule has 0 aromatic carbocycles. The molecule has 0 aromatic heterocycles. The molecule has 0 radical (unpaired) electrons. The summed E-state index contributed by atoms with van der Waals surface area (Å²) < 4.78 is 68.3. The highest BCUT2D eigenvalue weighted by molar-refractivity contribution is 7.47. The van der Waals surface area contributed by atoms with Gasteiger partial charge in [0, 0.05) is 25.7 Å². The number of hydrogen-bond acceptors (Lipinski definition) is 15. The van der Waals surface area contributed by atoms with E-state index in [0.29, 0.717) is 25.7 Å². The lowest BCUT2D eigenvalue weighted by molar-refractivity contribution is -0.161. The summed E-state index contributed by atoms with van der Waals surface area (Å²) in [7, 11) is -9.90. The minimum atomic E-state index is -4.95. The maximum atomic E-state index is 13.1. The van der Waals surface area contributed by atoms with Crippen LogP contribution in [0.2, 0.25) is 0 Å². The van der Waals surface area contributed by atoms with Gasteiger partial charge in [-0.25, -0.2) is 9.13 Å². The maximum absolute atomic E-state index is 13.1. The number of esters is 4. The van der Waals surface area contributed by atoms with Crippen LogP contribution in [0, 0.1) is 0 Å². The number of unbranched alkanes of at least 4 members (excludes halogenated alkanes) is 51. The first-order chi connectivity index (χ1) is 46.2. The van der Waals surface area contributed by atoms with E-state index in [2.05, 4.69) is 27.7 Å². The van der Waals surface area contributed by atoms with E-state index < -0.39 is 97.5 Å². The second kappa shape index (κ2) is 70.5. The van der Waals surface area contributed by atoms with Crippen molar-refractivity contribution in [3.8, 4) is 0 Å². The first-order valence-corrected chi connectivity index (χ1v) is 42.8. The highest BCUT2D eigenvalue weighted by Gasteiger charge is 2.30. The normalized spacial score (nSPS) is 13.9. The molecule has 17 nitrogen and oxygen atoms in total. The molecule has 0 fully saturated rings. The number of aliphatic hydroxyl groups is 1. The summed E-state index contributed by atoms with van der Waals surface area (Å²) in [6, 6.07) is 0. The van der Waals surface area contributed by atoms with E-state index in [1.165, 1.54) is 225 Å². The summed E-state index contributed by atoms with van der Waals surface area (Å²) in [5.41, 5.74) is 0. The number of ether oxygens (including phenoxy) is 4. The molecule has 5 atom stereocenters. The van der Waals surface area contributed by atoms with E-state index in [1.54, 1.807) is 0 Å². The third kappa shape index (κ3) is 70.3. The van der Waals surface area contributed by atoms with Crippen molar-refractivity contribution in [2.45, 2.75) is 425 Å². The minimum absolute atomic E-state index is 0.106. The number of hydrogen-bond donors (Lipinski definition) is 3. The van der Waals surface area contributed by atoms with E-state index in [0.717, 1.165) is 103 Å². The Bertz CT molecular complexity index is 1810. The van der Waals surface area contributed by atoms with Crippen LogP contribution in [0.15, 0.2) is 0 Å². The monoisotopic (exact) mass is 1400 g/mol. The average molecular weight is 1400 g/mol. The van der Waals surface area contributed by atoms with E-state index in [9.17, 15) is 43.2 Å². The topological polar surface area (TPSA) is 237 Å². The molecular formula is C76H148O17P2. The van der Waals surface area contributed by atoms with Crippen molar-refractivity contribution in [2.24, 2.45) is 0 Å². The van der Waals surface area contributed by atoms with Crippen molar-refractivity contribution in [1.29, 1.82) is 0 Å². The molecule has 0 spiro atoms. The van der Waals surface area contributed by atoms with Gasteiger partial charge in [-0.1, -0.05) is 355 Å². The van der Waals surface area contributed by atoms with Crippen molar-refractivity contribution >= 4 is 39.5 Å². The van der Waals surface area contributed by atoms with Crippen LogP contribution in [0.5, 0.6) is 0 Å². The Labute approximate surface area is 581 Å². The van der Waals surface area contributed by atoms with Crippen LogP contribution in [-0.4, -0.2) is 96.7 Å². The van der Waals surface area contributed by atoms with Crippen molar-refractivity contribution in [2.75, 3.05) is 39.6 Å². The van der Waals surface area contributed by atoms with Crippen LogP contribution in [-0.2, 0) is 65.4 Å². The van der Waals surface area contributed by atoms with Crippen LogP contribution in [0.4, 0.5) is 0 Å². The lowest BCUT2D eigenvalue weighted by Gasteiger charge is -2.21. The lowest BCUT2D eigenvalue weighted by Crippen LogP contribution is -2.30. The Kier molecular flexibility index (Phi) is 69.1. The van der Waals surface area contributed by atoms with Gasteiger partial charge in [0.15, 0.2) is 12.2 Å². The highest BCUT2D eigenvalue weighted by Crippen LogP contribution is 2.45. The number of carbonyl (C=O) groups excluding carboxylic acids is 4. The van der Waals surface area contributed by atoms with Crippen molar-refractivity contribution in [3.63, 3.8) is 0 Å². The summed E-state index contributed by atoms with van der Waals surface area (Å²) in [5, 5.41) is 10.6. The number of carbonyl (C=O) groups is 4. The summed E-state index contributed by atoms with van der Waals surface area (Å²) in [6.07, 6.45) is 61.4. The molecule has 0 bridgehead atoms. The summed E-state index contributed by atoms with van der Waals surface area (Å²) in [4.78, 5) is 72.5. The number of phosphoric acid groups is 2. The maximum Gasteiger partial charge on any atom is 0.472 e. The van der Waals surface area contributed by atoms with Crippen LogP contribution in [0.25, 0.3) is 0 Å². The molecular weight excluding hydrogens is 1250 g/mol. The molecule has 0 aliphatic heterocycles. The van der Waals surface area contributed by atoms with Crippen molar-refractivity contribution < 1.29 is 80.2 Å². The van der Waals surface area contributed by atoms with Crippen molar-refractivity contribution in [3.05, 3.63) is 0 Å². The fraction of sp³-hybridized carbons (Fsp3) is 0.947. The molecule has 0 aliphatic carbocycles. The summed E-state index contributed by atoms with van der Waals surface area (Å²) in [6.45, 7) is 4.92. The molecule has 0 heterocycles. The molecule has 19 heteroatoms. The fourth-order valence-electron chi connectivity index (χ4n) is 11.8. The second-order valence-corrected chi connectivity index (χ2v) is 30.3. The van der Waals surface area contributed by atoms with Gasteiger partial charge >= 0.3 is 39.5 Å². The highest BCUT2D eigenvalue weighted by atomic mass is 31.2. The molecule has 3 N–H and O–H groups in total. The predicted molar refractivity (Wildman–Crippen MR) is 386 cm³/mol. The molecule has 0 amide bonds. The van der Waals surface area contributed by atoms with Gasteiger partial charge in [-0.3, -0.25) is 37.3 Å². The average Bonchev–Trinajstić information content (AvgIpc) is 1.91. The van der Waals surface area contributed by atoms with E-state index >= 15 is 0 Å². The van der Waals surface area contributed by atoms with Gasteiger partial charge in [0.1, 0.15) is 19.3 Å². The van der Waals surface area contributed by atoms with Gasteiger partial charge in [-0.05, 0) is 25.7 Å². The lowest BCUT2D eigenvalue weighted by atomic mass is 10.0. The zero-order valence-corrected chi connectivity index (χ0v) is 63.4. The Hall–Kier alpha value is -1.94. The minimum Gasteiger partial charge on any atom is -0.462 e. The van der Waals surface area contributed by atoms with Gasteiger partial charge in [-0.15, -0.1) is 0 Å². The Morgan fingerprint density at radius 3 is 0.621 bits per heavy atom. The fourth-order valence-corrected chi connectivity index (χ4v) is 13.3. The number of rotatable bonds is 77. The van der Waals surface area contributed by atoms with E-state index in [1.807, 2.05) is 0 Å². The van der Waals surface area contributed by atoms with Crippen LogP contribution >= 0.6 is 15.6 Å². The molecule has 0 rings (SSSR count). The van der Waals surface area contributed by atoms with Gasteiger partial charge in [0.2, 0.25) is 0 Å².